The van der Waals surface area contributed by atoms with Crippen LogP contribution in [0.1, 0.15) is 153 Å². The lowest BCUT2D eigenvalue weighted by Crippen LogP contribution is -2.32. The van der Waals surface area contributed by atoms with Gasteiger partial charge in [0.1, 0.15) is 5.75 Å². The first-order valence-electron chi connectivity index (χ1n) is 23.4. The molecule has 61 heavy (non-hydrogen) atoms. The van der Waals surface area contributed by atoms with Crippen molar-refractivity contribution in [1.29, 1.82) is 0 Å². The molecule has 1 fully saturated rings. The second kappa shape index (κ2) is 25.7. The Morgan fingerprint density at radius 3 is 1.74 bits per heavy atom. The maximum Gasteiger partial charge on any atom is 0.333 e. The predicted molar refractivity (Wildman–Crippen MR) is 250 cm³/mol. The van der Waals surface area contributed by atoms with Gasteiger partial charge in [-0.3, -0.25) is 0 Å². The zero-order valence-corrected chi connectivity index (χ0v) is 38.3. The maximum absolute atomic E-state index is 12.2. The number of hydrogen-bond acceptors (Lipinski definition) is 7. The molecule has 0 spiro atoms. The smallest absolute Gasteiger partial charge is 0.333 e. The normalized spacial score (nSPS) is 15.3. The van der Waals surface area contributed by atoms with E-state index >= 15 is 0 Å². The third kappa shape index (κ3) is 15.0. The average molecular weight is 837 g/mol. The van der Waals surface area contributed by atoms with Gasteiger partial charge >= 0.3 is 11.9 Å². The van der Waals surface area contributed by atoms with Crippen molar-refractivity contribution in [3.8, 4) is 28.0 Å². The molecule has 0 atom stereocenters. The Morgan fingerprint density at radius 1 is 0.656 bits per heavy atom. The summed E-state index contributed by atoms with van der Waals surface area (Å²) in [6.45, 7) is 17.9. The minimum absolute atomic E-state index is 0.117. The number of aliphatic hydroxyl groups is 2. The predicted octanol–water partition coefficient (Wildman–Crippen LogP) is 12.5. The van der Waals surface area contributed by atoms with Crippen LogP contribution >= 0.6 is 0 Å². The first kappa shape index (κ1) is 49.5. The van der Waals surface area contributed by atoms with Crippen LogP contribution in [-0.4, -0.2) is 55.2 Å². The number of esters is 2. The summed E-state index contributed by atoms with van der Waals surface area (Å²) >= 11 is 0. The van der Waals surface area contributed by atoms with Crippen molar-refractivity contribution in [3.63, 3.8) is 0 Å². The Kier molecular flexibility index (Phi) is 20.8. The molecule has 3 aromatic rings. The second-order valence-electron chi connectivity index (χ2n) is 17.7. The van der Waals surface area contributed by atoms with E-state index in [9.17, 15) is 19.8 Å². The minimum atomic E-state index is -0.630. The fourth-order valence-corrected chi connectivity index (χ4v) is 8.74. The van der Waals surface area contributed by atoms with Gasteiger partial charge in [-0.15, -0.1) is 0 Å². The molecule has 7 heteroatoms. The molecule has 1 aliphatic rings. The van der Waals surface area contributed by atoms with Gasteiger partial charge in [0.2, 0.25) is 0 Å². The molecule has 334 valence electrons. The van der Waals surface area contributed by atoms with E-state index in [0.29, 0.717) is 62.2 Å². The number of aliphatic hydroxyl groups excluding tert-OH is 2. The molecule has 0 heterocycles. The quantitative estimate of drug-likeness (QED) is 0.0448. The number of unbranched alkanes of at least 4 members (excludes halogenated alkanes) is 3. The summed E-state index contributed by atoms with van der Waals surface area (Å²) in [4.78, 5) is 24.5. The zero-order chi connectivity index (χ0) is 44.2. The van der Waals surface area contributed by atoms with Gasteiger partial charge in [-0.05, 0) is 153 Å². The van der Waals surface area contributed by atoms with Gasteiger partial charge in [0.25, 0.3) is 0 Å². The van der Waals surface area contributed by atoms with Gasteiger partial charge in [0.05, 0.1) is 33.0 Å². The van der Waals surface area contributed by atoms with Crippen LogP contribution in [0.4, 0.5) is 0 Å². The van der Waals surface area contributed by atoms with Gasteiger partial charge < -0.3 is 24.4 Å². The highest BCUT2D eigenvalue weighted by Crippen LogP contribution is 2.40. The molecule has 0 aromatic heterocycles. The SMILES string of the molecule is C=C(C)C(=O)OCCCc1cc(-c2ccc(-c3ccc([C@H]4CC[C@H](CCCCC)CC4)cc3)cc2CC)cc(CCCOC(=O)C(=C)C)c1OCCC(CO)(CO)CCCC. The summed E-state index contributed by atoms with van der Waals surface area (Å²) in [5.41, 5.74) is 9.42. The number of aryl methyl sites for hydroxylation is 3. The Labute approximate surface area is 368 Å². The molecular weight excluding hydrogens is 761 g/mol. The number of benzene rings is 3. The highest BCUT2D eigenvalue weighted by Gasteiger charge is 2.29. The van der Waals surface area contributed by atoms with Crippen molar-refractivity contribution in [2.75, 3.05) is 33.0 Å². The number of rotatable bonds is 27. The van der Waals surface area contributed by atoms with Crippen LogP contribution in [-0.2, 0) is 38.3 Å². The van der Waals surface area contributed by atoms with Gasteiger partial charge in [0.15, 0.2) is 0 Å². The molecule has 0 saturated heterocycles. The first-order valence-corrected chi connectivity index (χ1v) is 23.4. The number of hydrogen-bond donors (Lipinski definition) is 2. The third-order valence-corrected chi connectivity index (χ3v) is 12.8. The minimum Gasteiger partial charge on any atom is -0.493 e. The Hall–Kier alpha value is -4.20. The van der Waals surface area contributed by atoms with Crippen molar-refractivity contribution < 1.29 is 34.0 Å². The van der Waals surface area contributed by atoms with Crippen LogP contribution in [0.25, 0.3) is 22.3 Å². The fraction of sp³-hybridized carbons (Fsp3) is 0.556. The number of ether oxygens (including phenoxy) is 3. The zero-order valence-electron chi connectivity index (χ0n) is 38.3. The van der Waals surface area contributed by atoms with Gasteiger partial charge in [-0.25, -0.2) is 9.59 Å². The molecule has 0 unspecified atom stereocenters. The lowest BCUT2D eigenvalue weighted by Gasteiger charge is -2.30. The van der Waals surface area contributed by atoms with Crippen LogP contribution in [0.5, 0.6) is 5.75 Å². The second-order valence-corrected chi connectivity index (χ2v) is 17.7. The molecule has 7 nitrogen and oxygen atoms in total. The van der Waals surface area contributed by atoms with E-state index in [1.165, 1.54) is 73.6 Å². The van der Waals surface area contributed by atoms with Crippen LogP contribution in [0.15, 0.2) is 78.9 Å². The summed E-state index contributed by atoms with van der Waals surface area (Å²) in [6, 6.07) is 20.5. The standard InChI is InChI=1S/C54H76O7/c1-8-11-13-16-41-19-21-43(22-20-41)44-23-25-45(26-24-44)46-27-28-50(42(10-3)34-46)49-35-47(17-14-31-60-52(57)39(4)5)51(48(36-49)18-15-32-61-53(58)40(6)7)59-33-30-54(37-55,38-56)29-12-9-2/h23-28,34-36,41,43,55-56H,4,6,8-22,29-33,37-38H2,1-3,5,7H3/t41-,43-. The molecule has 0 aliphatic heterocycles. The first-order chi connectivity index (χ1) is 29.5. The van der Waals surface area contributed by atoms with Crippen molar-refractivity contribution in [2.24, 2.45) is 11.3 Å². The average Bonchev–Trinajstić information content (AvgIpc) is 3.28. The van der Waals surface area contributed by atoms with E-state index in [1.807, 2.05) is 0 Å². The molecule has 1 aliphatic carbocycles. The molecule has 0 amide bonds. The van der Waals surface area contributed by atoms with Crippen LogP contribution < -0.4 is 4.74 Å². The van der Waals surface area contributed by atoms with E-state index in [4.69, 9.17) is 14.2 Å². The number of carbonyl (C=O) groups excluding carboxylic acids is 2. The number of carbonyl (C=O) groups is 2. The highest BCUT2D eigenvalue weighted by atomic mass is 16.5. The van der Waals surface area contributed by atoms with Gasteiger partial charge in [0, 0.05) is 16.6 Å². The van der Waals surface area contributed by atoms with E-state index in [-0.39, 0.29) is 26.4 Å². The maximum atomic E-state index is 12.2. The van der Waals surface area contributed by atoms with Gasteiger partial charge in [-0.2, -0.15) is 0 Å². The summed E-state index contributed by atoms with van der Waals surface area (Å²) in [7, 11) is 0. The Balaban J connectivity index is 1.65. The van der Waals surface area contributed by atoms with Crippen molar-refractivity contribution in [1.82, 2.24) is 0 Å². The molecule has 1 saturated carbocycles. The summed E-state index contributed by atoms with van der Waals surface area (Å²) in [5, 5.41) is 20.7. The van der Waals surface area contributed by atoms with E-state index in [1.54, 1.807) is 13.8 Å². The molecular formula is C54H76O7. The summed E-state index contributed by atoms with van der Waals surface area (Å²) < 4.78 is 17.7. The van der Waals surface area contributed by atoms with E-state index in [2.05, 4.69) is 88.5 Å². The van der Waals surface area contributed by atoms with E-state index in [0.717, 1.165) is 53.2 Å². The van der Waals surface area contributed by atoms with Crippen molar-refractivity contribution in [2.45, 2.75) is 150 Å². The monoisotopic (exact) mass is 837 g/mol. The van der Waals surface area contributed by atoms with Crippen molar-refractivity contribution >= 4 is 11.9 Å². The van der Waals surface area contributed by atoms with Gasteiger partial charge in [-0.1, -0.05) is 115 Å². The van der Waals surface area contributed by atoms with Crippen LogP contribution in [0.2, 0.25) is 0 Å². The summed E-state index contributed by atoms with van der Waals surface area (Å²) in [5.74, 6) is 1.50. The molecule has 2 N–H and O–H groups in total. The molecule has 3 aromatic carbocycles. The van der Waals surface area contributed by atoms with Crippen LogP contribution in [0, 0.1) is 11.3 Å². The molecule has 4 rings (SSSR count). The van der Waals surface area contributed by atoms with Crippen molar-refractivity contribution in [3.05, 3.63) is 101 Å². The lowest BCUT2D eigenvalue weighted by molar-refractivity contribution is -0.139. The molecule has 0 bridgehead atoms. The third-order valence-electron chi connectivity index (χ3n) is 12.8. The Bertz CT molecular complexity index is 1790. The molecule has 0 radical (unpaired) electrons. The Morgan fingerprint density at radius 2 is 1.21 bits per heavy atom. The highest BCUT2D eigenvalue weighted by molar-refractivity contribution is 5.87. The lowest BCUT2D eigenvalue weighted by atomic mass is 9.77. The summed E-state index contributed by atoms with van der Waals surface area (Å²) in [6.07, 6.45) is 17.0. The van der Waals surface area contributed by atoms with E-state index < -0.39 is 17.4 Å². The largest absolute Gasteiger partial charge is 0.493 e. The fourth-order valence-electron chi connectivity index (χ4n) is 8.74. The topological polar surface area (TPSA) is 102 Å². The van der Waals surface area contributed by atoms with Crippen LogP contribution in [0.3, 0.4) is 0 Å².